The van der Waals surface area contributed by atoms with Crippen molar-refractivity contribution in [1.82, 2.24) is 4.90 Å². The summed E-state index contributed by atoms with van der Waals surface area (Å²) in [6.07, 6.45) is 1.55. The lowest BCUT2D eigenvalue weighted by Crippen LogP contribution is -2.48. The fraction of sp³-hybridized carbons (Fsp3) is 0.467. The molecule has 0 bridgehead atoms. The summed E-state index contributed by atoms with van der Waals surface area (Å²) in [6.45, 7) is 12.0. The summed E-state index contributed by atoms with van der Waals surface area (Å²) in [5, 5.41) is 10.9. The summed E-state index contributed by atoms with van der Waals surface area (Å²) >= 11 is 0. The monoisotopic (exact) mass is 275 g/mol. The third-order valence-electron chi connectivity index (χ3n) is 3.84. The molecule has 1 fully saturated rings. The maximum atomic E-state index is 10.9. The summed E-state index contributed by atoms with van der Waals surface area (Å²) in [4.78, 5) is 15.3. The van der Waals surface area contributed by atoms with E-state index in [-0.39, 0.29) is 10.6 Å². The molecule has 5 heteroatoms. The minimum absolute atomic E-state index is 0.115. The number of hydrogen-bond donors (Lipinski definition) is 0. The van der Waals surface area contributed by atoms with Gasteiger partial charge in [0.15, 0.2) is 0 Å². The maximum absolute atomic E-state index is 10.9. The van der Waals surface area contributed by atoms with Gasteiger partial charge < -0.3 is 4.90 Å². The van der Waals surface area contributed by atoms with Crippen LogP contribution in [-0.4, -0.2) is 42.0 Å². The van der Waals surface area contributed by atoms with Gasteiger partial charge in [-0.3, -0.25) is 15.0 Å². The van der Waals surface area contributed by atoms with E-state index < -0.39 is 0 Å². The van der Waals surface area contributed by atoms with Crippen LogP contribution in [0.3, 0.4) is 0 Å². The minimum Gasteiger partial charge on any atom is -0.369 e. The van der Waals surface area contributed by atoms with Crippen molar-refractivity contribution in [1.29, 1.82) is 0 Å². The van der Waals surface area contributed by atoms with Gasteiger partial charge in [0, 0.05) is 44.0 Å². The van der Waals surface area contributed by atoms with Crippen LogP contribution in [0.5, 0.6) is 0 Å². The topological polar surface area (TPSA) is 49.6 Å². The predicted molar refractivity (Wildman–Crippen MR) is 82.1 cm³/mol. The molecule has 0 unspecified atom stereocenters. The van der Waals surface area contributed by atoms with Crippen molar-refractivity contribution >= 4 is 17.5 Å². The van der Waals surface area contributed by atoms with Crippen LogP contribution in [-0.2, 0) is 0 Å². The Morgan fingerprint density at radius 1 is 1.30 bits per heavy atom. The number of nitro benzene ring substituents is 1. The molecule has 0 amide bonds. The summed E-state index contributed by atoms with van der Waals surface area (Å²) in [5.74, 6) is 0. The number of hydrogen-bond acceptors (Lipinski definition) is 4. The van der Waals surface area contributed by atoms with Crippen molar-refractivity contribution in [2.45, 2.75) is 19.9 Å². The molecule has 2 rings (SSSR count). The normalized spacial score (nSPS) is 16.4. The third kappa shape index (κ3) is 2.99. The maximum Gasteiger partial charge on any atom is 0.276 e. The average Bonchev–Trinajstić information content (AvgIpc) is 2.46. The van der Waals surface area contributed by atoms with Crippen molar-refractivity contribution < 1.29 is 4.92 Å². The lowest BCUT2D eigenvalue weighted by atomic mass is 10.1. The zero-order valence-corrected chi connectivity index (χ0v) is 12.1. The first kappa shape index (κ1) is 14.5. The molecule has 1 saturated heterocycles. The molecule has 1 aromatic carbocycles. The van der Waals surface area contributed by atoms with E-state index in [1.165, 1.54) is 0 Å². The Morgan fingerprint density at radius 2 is 1.95 bits per heavy atom. The van der Waals surface area contributed by atoms with E-state index in [9.17, 15) is 10.1 Å². The molecule has 0 N–H and O–H groups in total. The van der Waals surface area contributed by atoms with Crippen LogP contribution < -0.4 is 4.90 Å². The summed E-state index contributed by atoms with van der Waals surface area (Å²) in [6, 6.07) is 5.82. The van der Waals surface area contributed by atoms with Crippen molar-refractivity contribution in [2.24, 2.45) is 0 Å². The van der Waals surface area contributed by atoms with Crippen LogP contribution in [0, 0.1) is 10.1 Å². The Balaban J connectivity index is 2.14. The Labute approximate surface area is 119 Å². The van der Waals surface area contributed by atoms with E-state index >= 15 is 0 Å². The van der Waals surface area contributed by atoms with Crippen molar-refractivity contribution in [2.75, 3.05) is 31.1 Å². The number of nitrogens with zero attached hydrogens (tertiary/aromatic N) is 3. The second-order valence-electron chi connectivity index (χ2n) is 5.32. The van der Waals surface area contributed by atoms with Gasteiger partial charge in [-0.05, 0) is 26.0 Å². The molecule has 0 saturated carbocycles. The van der Waals surface area contributed by atoms with Crippen LogP contribution in [0.25, 0.3) is 6.08 Å². The van der Waals surface area contributed by atoms with Gasteiger partial charge in [0.25, 0.3) is 5.69 Å². The van der Waals surface area contributed by atoms with E-state index in [0.29, 0.717) is 11.6 Å². The van der Waals surface area contributed by atoms with Gasteiger partial charge in [-0.25, -0.2) is 0 Å². The molecule has 108 valence electrons. The molecule has 0 radical (unpaired) electrons. The summed E-state index contributed by atoms with van der Waals surface area (Å²) < 4.78 is 0. The van der Waals surface area contributed by atoms with E-state index in [4.69, 9.17) is 0 Å². The summed E-state index contributed by atoms with van der Waals surface area (Å²) in [5.41, 5.74) is 1.73. The zero-order valence-electron chi connectivity index (χ0n) is 12.1. The molecule has 1 heterocycles. The molecule has 0 aromatic heterocycles. The van der Waals surface area contributed by atoms with Gasteiger partial charge >= 0.3 is 0 Å². The highest BCUT2D eigenvalue weighted by molar-refractivity contribution is 5.66. The SMILES string of the molecule is C=Cc1cc(N2CCN(C(C)C)CC2)ccc1[N+](=O)[O-]. The molecule has 1 aliphatic heterocycles. The van der Waals surface area contributed by atoms with E-state index in [2.05, 4.69) is 30.2 Å². The van der Waals surface area contributed by atoms with Gasteiger partial charge in [-0.2, -0.15) is 0 Å². The quantitative estimate of drug-likeness (QED) is 0.626. The van der Waals surface area contributed by atoms with Crippen molar-refractivity contribution in [3.05, 3.63) is 40.5 Å². The highest BCUT2D eigenvalue weighted by Gasteiger charge is 2.20. The van der Waals surface area contributed by atoms with E-state index in [0.717, 1.165) is 31.9 Å². The van der Waals surface area contributed by atoms with Gasteiger partial charge in [0.1, 0.15) is 0 Å². The number of anilines is 1. The molecule has 0 spiro atoms. The molecule has 1 aliphatic rings. The van der Waals surface area contributed by atoms with Crippen LogP contribution in [0.1, 0.15) is 19.4 Å². The first-order valence-electron chi connectivity index (χ1n) is 6.93. The van der Waals surface area contributed by atoms with Gasteiger partial charge in [-0.1, -0.05) is 12.7 Å². The average molecular weight is 275 g/mol. The van der Waals surface area contributed by atoms with Gasteiger partial charge in [0.05, 0.1) is 10.5 Å². The molecular weight excluding hydrogens is 254 g/mol. The Hall–Kier alpha value is -1.88. The second kappa shape index (κ2) is 6.05. The fourth-order valence-corrected chi connectivity index (χ4v) is 2.56. The Morgan fingerprint density at radius 3 is 2.45 bits per heavy atom. The van der Waals surface area contributed by atoms with Gasteiger partial charge in [0.2, 0.25) is 0 Å². The first-order chi connectivity index (χ1) is 9.52. The predicted octanol–water partition coefficient (Wildman–Crippen LogP) is 2.77. The van der Waals surface area contributed by atoms with E-state index in [1.54, 1.807) is 12.1 Å². The molecule has 5 nitrogen and oxygen atoms in total. The lowest BCUT2D eigenvalue weighted by molar-refractivity contribution is -0.385. The van der Waals surface area contributed by atoms with Crippen molar-refractivity contribution in [3.8, 4) is 0 Å². The van der Waals surface area contributed by atoms with Crippen molar-refractivity contribution in [3.63, 3.8) is 0 Å². The number of nitro groups is 1. The molecular formula is C15H21N3O2. The Bertz CT molecular complexity index is 506. The zero-order chi connectivity index (χ0) is 14.7. The first-order valence-corrected chi connectivity index (χ1v) is 6.93. The molecule has 0 atom stereocenters. The lowest BCUT2D eigenvalue weighted by Gasteiger charge is -2.38. The second-order valence-corrected chi connectivity index (χ2v) is 5.32. The highest BCUT2D eigenvalue weighted by atomic mass is 16.6. The standard InChI is InChI=1S/C15H21N3O2/c1-4-13-11-14(5-6-15(13)18(19)20)17-9-7-16(8-10-17)12(2)3/h4-6,11-12H,1,7-10H2,2-3H3. The molecule has 0 aliphatic carbocycles. The largest absolute Gasteiger partial charge is 0.369 e. The number of benzene rings is 1. The van der Waals surface area contributed by atoms with Crippen LogP contribution >= 0.6 is 0 Å². The summed E-state index contributed by atoms with van der Waals surface area (Å²) in [7, 11) is 0. The van der Waals surface area contributed by atoms with Crippen LogP contribution in [0.15, 0.2) is 24.8 Å². The number of piperazine rings is 1. The highest BCUT2D eigenvalue weighted by Crippen LogP contribution is 2.26. The molecule has 1 aromatic rings. The van der Waals surface area contributed by atoms with Gasteiger partial charge in [-0.15, -0.1) is 0 Å². The third-order valence-corrected chi connectivity index (χ3v) is 3.84. The smallest absolute Gasteiger partial charge is 0.276 e. The van der Waals surface area contributed by atoms with E-state index in [1.807, 2.05) is 12.1 Å². The Kier molecular flexibility index (Phi) is 4.39. The number of rotatable bonds is 4. The minimum atomic E-state index is -0.364. The van der Waals surface area contributed by atoms with Crippen LogP contribution in [0.4, 0.5) is 11.4 Å². The fourth-order valence-electron chi connectivity index (χ4n) is 2.56. The van der Waals surface area contributed by atoms with Crippen LogP contribution in [0.2, 0.25) is 0 Å². The molecule has 20 heavy (non-hydrogen) atoms.